The second kappa shape index (κ2) is 36.1. The first-order chi connectivity index (χ1) is 7.63. The predicted molar refractivity (Wildman–Crippen MR) is 75.1 cm³/mol. The molecule has 17 heavy (non-hydrogen) atoms. The van der Waals surface area contributed by atoms with Gasteiger partial charge in [0.15, 0.2) is 0 Å². The van der Waals surface area contributed by atoms with Crippen LogP contribution < -0.4 is 5.73 Å². The van der Waals surface area contributed by atoms with Crippen molar-refractivity contribution in [2.45, 2.75) is 61.8 Å². The molecule has 3 heteroatoms. The molecule has 0 aliphatic heterocycles. The minimum atomic E-state index is -0.435. The minimum absolute atomic E-state index is 0. The summed E-state index contributed by atoms with van der Waals surface area (Å²) in [5, 5.41) is 0. The summed E-state index contributed by atoms with van der Waals surface area (Å²) in [6.45, 7) is 15.8. The summed E-state index contributed by atoms with van der Waals surface area (Å²) >= 11 is 0. The van der Waals surface area contributed by atoms with E-state index in [0.717, 1.165) is 0 Å². The van der Waals surface area contributed by atoms with Crippen LogP contribution in [0.5, 0.6) is 0 Å². The second-order valence-electron chi connectivity index (χ2n) is 2.21. The fourth-order valence-electron chi connectivity index (χ4n) is 0.452. The van der Waals surface area contributed by atoms with Gasteiger partial charge in [-0.1, -0.05) is 61.8 Å². The van der Waals surface area contributed by atoms with Crippen LogP contribution >= 0.6 is 0 Å². The molecule has 0 rings (SSSR count). The molecule has 0 aromatic rings. The van der Waals surface area contributed by atoms with Crippen molar-refractivity contribution in [3.63, 3.8) is 0 Å². The van der Waals surface area contributed by atoms with E-state index in [-0.39, 0.29) is 21.1 Å². The molecular formula is C14H30NOW-. The van der Waals surface area contributed by atoms with Crippen LogP contribution in [0.1, 0.15) is 61.8 Å². The largest absolute Gasteiger partial charge is 0.418 e. The third-order valence-electron chi connectivity index (χ3n) is 0.854. The number of carbonyl (C=O) groups excluding carboxylic acids is 1. The van der Waals surface area contributed by atoms with E-state index in [4.69, 9.17) is 5.73 Å². The van der Waals surface area contributed by atoms with Crippen molar-refractivity contribution in [1.82, 2.24) is 0 Å². The van der Waals surface area contributed by atoms with Crippen molar-refractivity contribution in [3.8, 4) is 0 Å². The summed E-state index contributed by atoms with van der Waals surface area (Å²) in [7, 11) is 0. The van der Waals surface area contributed by atoms with E-state index in [2.05, 4.69) is 19.9 Å². The van der Waals surface area contributed by atoms with Gasteiger partial charge >= 0.3 is 0 Å². The summed E-state index contributed by atoms with van der Waals surface area (Å²) in [4.78, 5) is 10.4. The first-order valence-corrected chi connectivity index (χ1v) is 6.14. The van der Waals surface area contributed by atoms with Gasteiger partial charge in [0, 0.05) is 21.1 Å². The molecule has 0 aliphatic rings. The van der Waals surface area contributed by atoms with Crippen molar-refractivity contribution < 1.29 is 25.9 Å². The Labute approximate surface area is 123 Å². The standard InChI is InChI=1S/C7H10NO.C3H8.2C2H6.W/c1-3-5-6(4-2)7(8)9;1-3-2;2*1-2;/h3-4H,1-2H3,(H2,8,9);3H2,1-2H3;2*1-2H3;/q-1;;;;/b6-4+;;;;. The Morgan fingerprint density at radius 2 is 1.41 bits per heavy atom. The summed E-state index contributed by atoms with van der Waals surface area (Å²) in [5.41, 5.74) is 5.37. The molecule has 0 aliphatic carbocycles. The Morgan fingerprint density at radius 1 is 1.12 bits per heavy atom. The molecule has 0 radical (unpaired) electrons. The maximum absolute atomic E-state index is 10.4. The molecule has 0 saturated heterocycles. The number of rotatable bonds is 2. The van der Waals surface area contributed by atoms with Crippen LogP contribution in [0.4, 0.5) is 0 Å². The minimum Gasteiger partial charge on any atom is -0.418 e. The van der Waals surface area contributed by atoms with Crippen molar-refractivity contribution >= 4 is 5.91 Å². The van der Waals surface area contributed by atoms with Crippen LogP contribution in [0, 0.1) is 6.08 Å². The first kappa shape index (κ1) is 30.0. The van der Waals surface area contributed by atoms with Crippen LogP contribution in [-0.4, -0.2) is 5.91 Å². The molecule has 0 spiro atoms. The molecular weight excluding hydrogens is 382 g/mol. The van der Waals surface area contributed by atoms with Crippen LogP contribution in [0.15, 0.2) is 17.7 Å². The van der Waals surface area contributed by atoms with Gasteiger partial charge in [-0.2, -0.15) is 12.2 Å². The van der Waals surface area contributed by atoms with Gasteiger partial charge in [-0.05, 0) is 0 Å². The SMILES string of the molecule is CC.CC.CC=[C-]/C(=C\C)C(N)=O.CCC.[W]. The van der Waals surface area contributed by atoms with Crippen LogP contribution in [-0.2, 0) is 25.9 Å². The molecule has 0 fully saturated rings. The number of nitrogens with two attached hydrogens (primary N) is 1. The van der Waals surface area contributed by atoms with Crippen molar-refractivity contribution in [2.24, 2.45) is 5.73 Å². The van der Waals surface area contributed by atoms with Crippen LogP contribution in [0.3, 0.4) is 0 Å². The third kappa shape index (κ3) is 39.0. The second-order valence-corrected chi connectivity index (χ2v) is 2.21. The fraction of sp³-hybridized carbons (Fsp3) is 0.643. The van der Waals surface area contributed by atoms with Gasteiger partial charge in [0.1, 0.15) is 5.91 Å². The summed E-state index contributed by atoms with van der Waals surface area (Å²) in [6, 6.07) is 0. The number of amides is 1. The molecule has 0 heterocycles. The Bertz CT molecular complexity index is 175. The van der Waals surface area contributed by atoms with Crippen LogP contribution in [0.2, 0.25) is 0 Å². The van der Waals surface area contributed by atoms with Crippen LogP contribution in [0.25, 0.3) is 0 Å². The van der Waals surface area contributed by atoms with Gasteiger partial charge in [0.2, 0.25) is 0 Å². The average Bonchev–Trinajstić information content (AvgIpc) is 2.32. The van der Waals surface area contributed by atoms with Gasteiger partial charge < -0.3 is 10.5 Å². The van der Waals surface area contributed by atoms with Crippen molar-refractivity contribution in [3.05, 3.63) is 23.8 Å². The average molecular weight is 412 g/mol. The molecule has 2 N–H and O–H groups in total. The van der Waals surface area contributed by atoms with E-state index in [1.54, 1.807) is 26.0 Å². The Hall–Kier alpha value is -0.362. The predicted octanol–water partition coefficient (Wildman–Crippen LogP) is 4.26. The van der Waals surface area contributed by atoms with E-state index < -0.39 is 5.91 Å². The number of hydrogen-bond donors (Lipinski definition) is 1. The maximum atomic E-state index is 10.4. The Balaban J connectivity index is -0.0000000510. The molecule has 0 saturated carbocycles. The van der Waals surface area contributed by atoms with E-state index in [1.165, 1.54) is 6.42 Å². The van der Waals surface area contributed by atoms with E-state index in [0.29, 0.717) is 5.57 Å². The van der Waals surface area contributed by atoms with E-state index >= 15 is 0 Å². The normalized spacial score (nSPS) is 8.35. The van der Waals surface area contributed by atoms with E-state index in [1.807, 2.05) is 27.7 Å². The Morgan fingerprint density at radius 3 is 1.47 bits per heavy atom. The fourth-order valence-corrected chi connectivity index (χ4v) is 0.452. The topological polar surface area (TPSA) is 43.1 Å². The first-order valence-electron chi connectivity index (χ1n) is 6.14. The van der Waals surface area contributed by atoms with E-state index in [9.17, 15) is 4.79 Å². The molecule has 0 bridgehead atoms. The summed E-state index contributed by atoms with van der Waals surface area (Å²) in [5.74, 6) is -0.435. The summed E-state index contributed by atoms with van der Waals surface area (Å²) in [6.07, 6.45) is 7.22. The smallest absolute Gasteiger partial charge is 0.132 e. The van der Waals surface area contributed by atoms with Gasteiger partial charge in [0.25, 0.3) is 0 Å². The zero-order valence-electron chi connectivity index (χ0n) is 12.8. The molecule has 0 aromatic carbocycles. The van der Waals surface area contributed by atoms with Gasteiger partial charge in [-0.3, -0.25) is 0 Å². The monoisotopic (exact) mass is 412 g/mol. The van der Waals surface area contributed by atoms with Crippen molar-refractivity contribution in [2.75, 3.05) is 0 Å². The number of allylic oxidation sites excluding steroid dienone is 2. The number of hydrogen-bond acceptors (Lipinski definition) is 1. The molecule has 2 nitrogen and oxygen atoms in total. The molecule has 1 amide bonds. The zero-order valence-corrected chi connectivity index (χ0v) is 15.7. The van der Waals surface area contributed by atoms with Gasteiger partial charge in [-0.15, -0.1) is 11.6 Å². The number of carbonyl (C=O) groups is 1. The third-order valence-corrected chi connectivity index (χ3v) is 0.854. The summed E-state index contributed by atoms with van der Waals surface area (Å²) < 4.78 is 0. The molecule has 0 atom stereocenters. The quantitative estimate of drug-likeness (QED) is 0.411. The number of primary amides is 1. The molecule has 0 unspecified atom stereocenters. The Kier molecular flexibility index (Phi) is 63.7. The van der Waals surface area contributed by atoms with Crippen molar-refractivity contribution in [1.29, 1.82) is 0 Å². The molecule has 104 valence electrons. The zero-order chi connectivity index (χ0) is 14.0. The van der Waals surface area contributed by atoms with Gasteiger partial charge in [0.05, 0.1) is 0 Å². The maximum Gasteiger partial charge on any atom is 0.132 e. The molecule has 0 aromatic heterocycles. The van der Waals surface area contributed by atoms with Gasteiger partial charge in [-0.25, -0.2) is 0 Å².